The van der Waals surface area contributed by atoms with Crippen LogP contribution in [0.4, 0.5) is 5.69 Å². The Labute approximate surface area is 241 Å². The first kappa shape index (κ1) is 28.1. The van der Waals surface area contributed by atoms with Crippen LogP contribution in [0.3, 0.4) is 0 Å². The van der Waals surface area contributed by atoms with E-state index >= 15 is 0 Å². The summed E-state index contributed by atoms with van der Waals surface area (Å²) in [5.41, 5.74) is -1.56. The van der Waals surface area contributed by atoms with E-state index in [4.69, 9.17) is 9.47 Å². The number of hydrogen-bond acceptors (Lipinski definition) is 7. The van der Waals surface area contributed by atoms with Gasteiger partial charge in [0, 0.05) is 58.1 Å². The Bertz CT molecular complexity index is 1220. The Kier molecular flexibility index (Phi) is 7.76. The minimum absolute atomic E-state index is 0.00725. The minimum Gasteiger partial charge on any atom is -0.396 e. The van der Waals surface area contributed by atoms with Crippen LogP contribution in [-0.4, -0.2) is 120 Å². The van der Waals surface area contributed by atoms with Gasteiger partial charge in [-0.25, -0.2) is 0 Å². The standard InChI is InChI=1S/C31H40N4O6/c1-30-11-7-15-34(23-9-3-2-4-10-23)27(37)24(30)25-28(38)35(14-5-6-20-36)26-29(39)33(13-8-12-31(25,26)41-30)17-16-32-18-21-40-22-19-32/h2-4,7-12,24-26,36H,5-6,13-22H2,1H3/t24-,25-,26?,30+,31-/m0/s1. The lowest BCUT2D eigenvalue weighted by Crippen LogP contribution is -2.56. The number of nitrogens with zero attached hydrogens (tertiary/aromatic N) is 4. The maximum Gasteiger partial charge on any atom is 0.249 e. The number of fused-ring (bicyclic) bond motifs is 2. The van der Waals surface area contributed by atoms with Crippen molar-refractivity contribution in [1.29, 1.82) is 0 Å². The van der Waals surface area contributed by atoms with Crippen LogP contribution in [0.25, 0.3) is 0 Å². The highest BCUT2D eigenvalue weighted by Gasteiger charge is 2.74. The number of carbonyl (C=O) groups excluding carboxylic acids is 3. The van der Waals surface area contributed by atoms with E-state index in [1.807, 2.05) is 66.5 Å². The van der Waals surface area contributed by atoms with E-state index in [0.29, 0.717) is 52.2 Å². The number of para-hydroxylation sites is 1. The van der Waals surface area contributed by atoms with Crippen LogP contribution in [0, 0.1) is 11.8 Å². The number of anilines is 1. The van der Waals surface area contributed by atoms with E-state index in [0.717, 1.165) is 25.3 Å². The van der Waals surface area contributed by atoms with Gasteiger partial charge in [0.2, 0.25) is 17.7 Å². The molecule has 5 aliphatic rings. The molecule has 1 spiro atoms. The number of amides is 3. The summed E-state index contributed by atoms with van der Waals surface area (Å²) in [5, 5.41) is 9.44. The highest BCUT2D eigenvalue weighted by Crippen LogP contribution is 2.57. The molecule has 3 amide bonds. The Morgan fingerprint density at radius 3 is 2.39 bits per heavy atom. The van der Waals surface area contributed by atoms with Gasteiger partial charge in [0.15, 0.2) is 0 Å². The van der Waals surface area contributed by atoms with Gasteiger partial charge in [-0.15, -0.1) is 0 Å². The lowest BCUT2D eigenvalue weighted by Gasteiger charge is -2.38. The second kappa shape index (κ2) is 11.3. The Morgan fingerprint density at radius 2 is 1.63 bits per heavy atom. The van der Waals surface area contributed by atoms with Gasteiger partial charge in [-0.2, -0.15) is 0 Å². The van der Waals surface area contributed by atoms with Gasteiger partial charge in [-0.3, -0.25) is 19.3 Å². The van der Waals surface area contributed by atoms with Crippen LogP contribution in [0.15, 0.2) is 54.6 Å². The molecular formula is C31H40N4O6. The van der Waals surface area contributed by atoms with Crippen molar-refractivity contribution in [3.8, 4) is 0 Å². The second-order valence-corrected chi connectivity index (χ2v) is 11.8. The molecule has 1 aromatic rings. The molecule has 1 N–H and O–H groups in total. The lowest BCUT2D eigenvalue weighted by atomic mass is 9.74. The van der Waals surface area contributed by atoms with Crippen LogP contribution in [0.2, 0.25) is 0 Å². The predicted molar refractivity (Wildman–Crippen MR) is 152 cm³/mol. The lowest BCUT2D eigenvalue weighted by molar-refractivity contribution is -0.151. The SMILES string of the molecule is C[C@@]12C=CCN(c3ccccc3)C(=O)[C@@H]1[C@H]1C(=O)N(CCCCO)C3C(=O)N(CCN4CCOCC4)CC=C[C@@]31O2. The third kappa shape index (κ3) is 4.80. The van der Waals surface area contributed by atoms with Crippen LogP contribution < -0.4 is 4.90 Å². The number of rotatable bonds is 8. The van der Waals surface area contributed by atoms with Gasteiger partial charge < -0.3 is 29.3 Å². The molecular weight excluding hydrogens is 524 g/mol. The van der Waals surface area contributed by atoms with E-state index in [1.54, 1.807) is 9.80 Å². The van der Waals surface area contributed by atoms with Crippen LogP contribution in [-0.2, 0) is 23.9 Å². The molecule has 0 aromatic heterocycles. The highest BCUT2D eigenvalue weighted by atomic mass is 16.5. The number of ether oxygens (including phenoxy) is 2. The zero-order valence-electron chi connectivity index (χ0n) is 23.7. The molecule has 10 heteroatoms. The monoisotopic (exact) mass is 564 g/mol. The molecule has 1 aromatic carbocycles. The summed E-state index contributed by atoms with van der Waals surface area (Å²) in [6.45, 7) is 7.26. The van der Waals surface area contributed by atoms with Gasteiger partial charge in [-0.1, -0.05) is 42.5 Å². The number of unbranched alkanes of at least 4 members (excludes halogenated alkanes) is 1. The van der Waals surface area contributed by atoms with Crippen molar-refractivity contribution in [3.63, 3.8) is 0 Å². The average molecular weight is 565 g/mol. The van der Waals surface area contributed by atoms with Crippen molar-refractivity contribution in [2.45, 2.75) is 37.0 Å². The molecule has 10 nitrogen and oxygen atoms in total. The third-order valence-electron chi connectivity index (χ3n) is 9.31. The topological polar surface area (TPSA) is 103 Å². The van der Waals surface area contributed by atoms with Gasteiger partial charge in [0.1, 0.15) is 11.6 Å². The third-order valence-corrected chi connectivity index (χ3v) is 9.31. The van der Waals surface area contributed by atoms with Crippen molar-refractivity contribution in [2.75, 3.05) is 70.5 Å². The molecule has 5 heterocycles. The van der Waals surface area contributed by atoms with E-state index in [2.05, 4.69) is 4.90 Å². The number of benzene rings is 1. The summed E-state index contributed by atoms with van der Waals surface area (Å²) >= 11 is 0. The average Bonchev–Trinajstić information content (AvgIpc) is 3.24. The fourth-order valence-corrected chi connectivity index (χ4v) is 7.33. The van der Waals surface area contributed by atoms with Crippen molar-refractivity contribution in [1.82, 2.24) is 14.7 Å². The second-order valence-electron chi connectivity index (χ2n) is 11.8. The molecule has 5 atom stereocenters. The summed E-state index contributed by atoms with van der Waals surface area (Å²) in [4.78, 5) is 50.5. The summed E-state index contributed by atoms with van der Waals surface area (Å²) in [7, 11) is 0. The minimum atomic E-state index is -1.26. The van der Waals surface area contributed by atoms with E-state index in [-0.39, 0.29) is 24.3 Å². The maximum absolute atomic E-state index is 14.4. The fourth-order valence-electron chi connectivity index (χ4n) is 7.33. The number of carbonyl (C=O) groups is 3. The van der Waals surface area contributed by atoms with Crippen molar-refractivity contribution < 1.29 is 29.0 Å². The summed E-state index contributed by atoms with van der Waals surface area (Å²) in [6.07, 6.45) is 8.74. The number of aliphatic hydroxyl groups is 1. The molecule has 0 radical (unpaired) electrons. The fraction of sp³-hybridized carbons (Fsp3) is 0.581. The molecule has 3 fully saturated rings. The van der Waals surface area contributed by atoms with Crippen molar-refractivity contribution in [3.05, 3.63) is 54.6 Å². The summed E-state index contributed by atoms with van der Waals surface area (Å²) in [6, 6.07) is 8.59. The number of morpholine rings is 1. The van der Waals surface area contributed by atoms with Crippen LogP contribution in [0.1, 0.15) is 19.8 Å². The summed E-state index contributed by atoms with van der Waals surface area (Å²) < 4.78 is 12.4. The zero-order valence-corrected chi connectivity index (χ0v) is 23.7. The van der Waals surface area contributed by atoms with E-state index in [1.165, 1.54) is 0 Å². The predicted octanol–water partition coefficient (Wildman–Crippen LogP) is 1.06. The van der Waals surface area contributed by atoms with E-state index in [9.17, 15) is 19.5 Å². The van der Waals surface area contributed by atoms with E-state index < -0.39 is 29.1 Å². The molecule has 0 bridgehead atoms. The Hall–Kier alpha value is -3.05. The Balaban J connectivity index is 1.35. The molecule has 5 aliphatic heterocycles. The molecule has 0 aliphatic carbocycles. The number of likely N-dealkylation sites (tertiary alicyclic amines) is 1. The van der Waals surface area contributed by atoms with Crippen molar-refractivity contribution in [2.24, 2.45) is 11.8 Å². The zero-order chi connectivity index (χ0) is 28.6. The van der Waals surface area contributed by atoms with Crippen LogP contribution >= 0.6 is 0 Å². The number of hydrogen-bond donors (Lipinski definition) is 1. The number of aliphatic hydroxyl groups excluding tert-OH is 1. The maximum atomic E-state index is 14.4. The molecule has 0 saturated carbocycles. The normalized spacial score (nSPS) is 33.6. The highest BCUT2D eigenvalue weighted by molar-refractivity contribution is 6.04. The molecule has 6 rings (SSSR count). The molecule has 3 saturated heterocycles. The van der Waals surface area contributed by atoms with Gasteiger partial charge in [0.05, 0.1) is 30.7 Å². The Morgan fingerprint density at radius 1 is 0.878 bits per heavy atom. The first-order chi connectivity index (χ1) is 19.9. The first-order valence-electron chi connectivity index (χ1n) is 14.8. The smallest absolute Gasteiger partial charge is 0.249 e. The summed E-state index contributed by atoms with van der Waals surface area (Å²) in [5.74, 6) is -2.20. The molecule has 1 unspecified atom stereocenters. The quantitative estimate of drug-likeness (QED) is 0.372. The largest absolute Gasteiger partial charge is 0.396 e. The van der Waals surface area contributed by atoms with Crippen LogP contribution in [0.5, 0.6) is 0 Å². The molecule has 220 valence electrons. The first-order valence-corrected chi connectivity index (χ1v) is 14.8. The van der Waals surface area contributed by atoms with Gasteiger partial charge in [0.25, 0.3) is 0 Å². The molecule has 41 heavy (non-hydrogen) atoms. The van der Waals surface area contributed by atoms with Gasteiger partial charge in [-0.05, 0) is 31.9 Å². The van der Waals surface area contributed by atoms with Gasteiger partial charge >= 0.3 is 0 Å². The van der Waals surface area contributed by atoms with Crippen molar-refractivity contribution >= 4 is 23.4 Å².